The number of rotatable bonds is 7. The Morgan fingerprint density at radius 2 is 1.84 bits per heavy atom. The van der Waals surface area contributed by atoms with Gasteiger partial charge < -0.3 is 24.8 Å². The lowest BCUT2D eigenvalue weighted by Gasteiger charge is -2.36. The van der Waals surface area contributed by atoms with Gasteiger partial charge in [0, 0.05) is 45.2 Å². The van der Waals surface area contributed by atoms with E-state index in [-0.39, 0.29) is 90.4 Å². The second-order valence-electron chi connectivity index (χ2n) is 12.8. The zero-order chi connectivity index (χ0) is 36.2. The topological polar surface area (TPSA) is 155 Å². The maximum absolute atomic E-state index is 14.3. The summed E-state index contributed by atoms with van der Waals surface area (Å²) in [6.45, 7) is 2.33. The first-order valence-electron chi connectivity index (χ1n) is 16.4. The second-order valence-corrected chi connectivity index (χ2v) is 13.3. The van der Waals surface area contributed by atoms with Crippen molar-refractivity contribution in [2.24, 2.45) is 11.8 Å². The Labute approximate surface area is 293 Å². The number of ketones is 1. The van der Waals surface area contributed by atoms with E-state index in [1.54, 1.807) is 4.57 Å². The van der Waals surface area contributed by atoms with Gasteiger partial charge in [-0.2, -0.15) is 22.7 Å². The van der Waals surface area contributed by atoms with E-state index in [9.17, 15) is 37.5 Å². The van der Waals surface area contributed by atoms with Gasteiger partial charge in [-0.25, -0.2) is 4.98 Å². The molecule has 2 fully saturated rings. The summed E-state index contributed by atoms with van der Waals surface area (Å²) in [6.07, 6.45) is 0.548. The van der Waals surface area contributed by atoms with Gasteiger partial charge in [-0.15, -0.1) is 5.10 Å². The Hall–Kier alpha value is -5.25. The maximum atomic E-state index is 14.3. The van der Waals surface area contributed by atoms with Gasteiger partial charge in [0.25, 0.3) is 11.5 Å². The maximum Gasteiger partial charge on any atom is 0.416 e. The molecule has 7 rings (SSSR count). The van der Waals surface area contributed by atoms with Crippen molar-refractivity contribution < 1.29 is 32.7 Å². The molecule has 0 spiro atoms. The summed E-state index contributed by atoms with van der Waals surface area (Å²) in [6, 6.07) is 5.51. The highest BCUT2D eigenvalue weighted by Crippen LogP contribution is 2.44. The first-order chi connectivity index (χ1) is 24.3. The number of fused-ring (bicyclic) bond motifs is 2. The molecular weight excluding hydrogens is 693 g/mol. The fourth-order valence-electron chi connectivity index (χ4n) is 7.19. The van der Waals surface area contributed by atoms with Gasteiger partial charge >= 0.3 is 6.18 Å². The number of halogens is 4. The van der Waals surface area contributed by atoms with Gasteiger partial charge in [-0.05, 0) is 60.6 Å². The lowest BCUT2D eigenvalue weighted by atomic mass is 10.00. The highest BCUT2D eigenvalue weighted by Gasteiger charge is 2.38. The zero-order valence-corrected chi connectivity index (χ0v) is 28.0. The molecule has 2 atom stereocenters. The van der Waals surface area contributed by atoms with Gasteiger partial charge in [-0.3, -0.25) is 19.2 Å². The fourth-order valence-corrected chi connectivity index (χ4v) is 7.41. The van der Waals surface area contributed by atoms with E-state index in [1.165, 1.54) is 23.2 Å². The van der Waals surface area contributed by atoms with Crippen LogP contribution in [0.5, 0.6) is 5.75 Å². The van der Waals surface area contributed by atoms with Gasteiger partial charge in [0.15, 0.2) is 11.5 Å². The molecule has 2 unspecified atom stereocenters. The molecule has 4 heterocycles. The van der Waals surface area contributed by atoms with Crippen molar-refractivity contribution in [3.8, 4) is 5.75 Å². The molecule has 4 aromatic rings. The molecule has 17 heteroatoms. The van der Waals surface area contributed by atoms with Crippen LogP contribution < -0.4 is 15.8 Å². The third-order valence-electron chi connectivity index (χ3n) is 9.65. The molecule has 266 valence electrons. The average molecular weight is 725 g/mol. The Kier molecular flexibility index (Phi) is 8.81. The number of nitrogens with zero attached hydrogens (tertiary/aromatic N) is 7. The van der Waals surface area contributed by atoms with E-state index in [0.717, 1.165) is 28.3 Å². The number of Topliss-reactive ketones (excluding diaryl/α,β-unsaturated/α-hetero) is 1. The number of nitrogens with one attached hydrogen (secondary N) is 1. The normalized spacial score (nSPS) is 19.1. The van der Waals surface area contributed by atoms with Crippen LogP contribution in [0.3, 0.4) is 0 Å². The zero-order valence-electron chi connectivity index (χ0n) is 27.3. The lowest BCUT2D eigenvalue weighted by molar-refractivity contribution is -0.137. The molecule has 0 bridgehead atoms. The Morgan fingerprint density at radius 3 is 2.51 bits per heavy atom. The van der Waals surface area contributed by atoms with Crippen molar-refractivity contribution >= 4 is 51.9 Å². The molecular formula is C34H32ClF3N8O5. The fraction of sp³-hybridized carbons (Fsp3) is 0.382. The van der Waals surface area contributed by atoms with Gasteiger partial charge in [0.2, 0.25) is 11.7 Å². The number of amides is 2. The largest absolute Gasteiger partial charge is 0.505 e. The number of aromatic hydroxyl groups is 1. The number of hydrogen-bond acceptors (Lipinski definition) is 9. The first-order valence-corrected chi connectivity index (χ1v) is 16.8. The summed E-state index contributed by atoms with van der Waals surface area (Å²) in [5.41, 5.74) is -0.00801. The summed E-state index contributed by atoms with van der Waals surface area (Å²) in [5, 5.41) is 17.0. The van der Waals surface area contributed by atoms with Crippen LogP contribution >= 0.6 is 11.6 Å². The van der Waals surface area contributed by atoms with Crippen molar-refractivity contribution in [1.29, 1.82) is 0 Å². The minimum Gasteiger partial charge on any atom is -0.505 e. The first kappa shape index (κ1) is 34.2. The minimum absolute atomic E-state index is 0.0240. The standard InChI is InChI=1S/C34H32ClF3N8O5/c1-2-25-29(43-8-10-44(11-9-43)31(50)28-26(48)4-3-7-39-28)32(51)46-33(41-30(42-46)20-12-18-14-22(47)15-19(18)13-20)45(25)17-27(49)40-24-6-5-21(16-23(24)35)34(36,37)38/h3-7,12,16,18-19,48H,2,8-11,13-15,17H2,1H3,(H,40,49). The van der Waals surface area contributed by atoms with Crippen LogP contribution in [0.2, 0.25) is 5.02 Å². The number of aromatic nitrogens is 5. The van der Waals surface area contributed by atoms with Crippen LogP contribution in [0.1, 0.15) is 53.8 Å². The lowest BCUT2D eigenvalue weighted by Crippen LogP contribution is -2.51. The molecule has 3 aliphatic rings. The third-order valence-corrected chi connectivity index (χ3v) is 9.96. The predicted molar refractivity (Wildman–Crippen MR) is 180 cm³/mol. The van der Waals surface area contributed by atoms with Gasteiger partial charge in [0.1, 0.15) is 23.8 Å². The van der Waals surface area contributed by atoms with E-state index in [4.69, 9.17) is 16.6 Å². The number of carbonyl (C=O) groups is 3. The summed E-state index contributed by atoms with van der Waals surface area (Å²) in [7, 11) is 0. The summed E-state index contributed by atoms with van der Waals surface area (Å²) in [4.78, 5) is 65.0. The molecule has 1 saturated carbocycles. The number of piperazine rings is 1. The van der Waals surface area contributed by atoms with E-state index in [0.29, 0.717) is 30.8 Å². The number of allylic oxidation sites excluding steroid dienone is 2. The molecule has 51 heavy (non-hydrogen) atoms. The average Bonchev–Trinajstić information content (AvgIpc) is 3.80. The van der Waals surface area contributed by atoms with Crippen LogP contribution in [0, 0.1) is 11.8 Å². The van der Waals surface area contributed by atoms with Gasteiger partial charge in [0.05, 0.1) is 22.0 Å². The molecule has 1 aromatic carbocycles. The third kappa shape index (κ3) is 6.43. The molecule has 2 amide bonds. The van der Waals surface area contributed by atoms with E-state index < -0.39 is 29.1 Å². The second kappa shape index (κ2) is 13.1. The van der Waals surface area contributed by atoms with Crippen molar-refractivity contribution in [3.05, 3.63) is 80.8 Å². The molecule has 1 aliphatic heterocycles. The number of hydrogen-bond donors (Lipinski definition) is 2. The van der Waals surface area contributed by atoms with E-state index >= 15 is 0 Å². The van der Waals surface area contributed by atoms with Crippen LogP contribution in [0.25, 0.3) is 11.4 Å². The SMILES string of the molecule is CCc1c(N2CCN(C(=O)c3ncccc3O)CC2)c(=O)n2nc(C3=CC4CC(=O)CC4C3)nc2n1CC(=O)Nc1ccc(C(F)(F)F)cc1Cl. The van der Waals surface area contributed by atoms with E-state index in [2.05, 4.69) is 15.4 Å². The number of pyridine rings is 1. The molecule has 3 aromatic heterocycles. The molecule has 2 N–H and O–H groups in total. The molecule has 13 nitrogen and oxygen atoms in total. The van der Waals surface area contributed by atoms with Crippen LogP contribution in [-0.2, 0) is 28.7 Å². The predicted octanol–water partition coefficient (Wildman–Crippen LogP) is 4.21. The summed E-state index contributed by atoms with van der Waals surface area (Å²) in [5.74, 6) is -0.499. The summed E-state index contributed by atoms with van der Waals surface area (Å²) >= 11 is 6.12. The van der Waals surface area contributed by atoms with Gasteiger partial charge in [-0.1, -0.05) is 24.6 Å². The smallest absolute Gasteiger partial charge is 0.416 e. The van der Waals surface area contributed by atoms with Crippen LogP contribution in [-0.4, -0.2) is 77.9 Å². The Balaban J connectivity index is 1.24. The number of carbonyl (C=O) groups excluding carboxylic acids is 3. The number of anilines is 2. The Bertz CT molecular complexity index is 2170. The minimum atomic E-state index is -4.62. The molecule has 2 aliphatic carbocycles. The van der Waals surface area contributed by atoms with Crippen LogP contribution in [0.15, 0.2) is 47.4 Å². The highest BCUT2D eigenvalue weighted by molar-refractivity contribution is 6.33. The highest BCUT2D eigenvalue weighted by atomic mass is 35.5. The van der Waals surface area contributed by atoms with Crippen molar-refractivity contribution in [3.63, 3.8) is 0 Å². The molecule has 0 radical (unpaired) electrons. The monoisotopic (exact) mass is 724 g/mol. The van der Waals surface area contributed by atoms with Crippen molar-refractivity contribution in [2.75, 3.05) is 36.4 Å². The van der Waals surface area contributed by atoms with E-state index in [1.807, 2.05) is 17.9 Å². The quantitative estimate of drug-likeness (QED) is 0.285. The number of benzene rings is 1. The van der Waals surface area contributed by atoms with Crippen molar-refractivity contribution in [1.82, 2.24) is 29.0 Å². The number of alkyl halides is 3. The molecule has 1 saturated heterocycles. The van der Waals surface area contributed by atoms with Crippen molar-refractivity contribution in [2.45, 2.75) is 45.3 Å². The summed E-state index contributed by atoms with van der Waals surface area (Å²) < 4.78 is 42.3. The van der Waals surface area contributed by atoms with Crippen LogP contribution in [0.4, 0.5) is 24.5 Å². The Morgan fingerprint density at radius 1 is 1.08 bits per heavy atom.